The highest BCUT2D eigenvalue weighted by Gasteiger charge is 2.45. The van der Waals surface area contributed by atoms with Crippen LogP contribution >= 0.6 is 11.3 Å². The maximum atomic E-state index is 13.7. The van der Waals surface area contributed by atoms with Crippen molar-refractivity contribution < 1.29 is 19.4 Å². The van der Waals surface area contributed by atoms with E-state index >= 15 is 0 Å². The van der Waals surface area contributed by atoms with Crippen molar-refractivity contribution in [3.8, 4) is 5.75 Å². The first-order valence-electron chi connectivity index (χ1n) is 11.0. The molecule has 0 spiro atoms. The molecule has 34 heavy (non-hydrogen) atoms. The molecule has 3 aromatic rings. The van der Waals surface area contributed by atoms with E-state index in [4.69, 9.17) is 4.74 Å². The summed E-state index contributed by atoms with van der Waals surface area (Å²) in [6, 6.07) is 16.3. The van der Waals surface area contributed by atoms with Crippen LogP contribution in [0.5, 0.6) is 5.75 Å². The minimum absolute atomic E-state index is 0.0551. The molecule has 1 unspecified atom stereocenters. The number of carbonyl (C=O) groups excluding carboxylic acids is 2. The number of Topliss-reactive ketones (excluding diaryl/α,β-unsaturated/α-hetero) is 1. The van der Waals surface area contributed by atoms with Crippen molar-refractivity contribution in [2.75, 3.05) is 13.2 Å². The SMILES string of the molecule is C=CCOc1ccccc1C1C(C(=O)c2sc(C)nc2C)=C(O)C(=O)N1CCc1ccccc1. The van der Waals surface area contributed by atoms with Crippen molar-refractivity contribution in [3.63, 3.8) is 0 Å². The topological polar surface area (TPSA) is 79.7 Å². The van der Waals surface area contributed by atoms with E-state index in [1.54, 1.807) is 24.0 Å². The van der Waals surface area contributed by atoms with Gasteiger partial charge >= 0.3 is 0 Å². The summed E-state index contributed by atoms with van der Waals surface area (Å²) >= 11 is 1.26. The van der Waals surface area contributed by atoms with E-state index in [1.807, 2.05) is 55.5 Å². The number of rotatable bonds is 9. The lowest BCUT2D eigenvalue weighted by molar-refractivity contribution is -0.129. The Hall–Kier alpha value is -3.71. The van der Waals surface area contributed by atoms with Crippen LogP contribution in [0.2, 0.25) is 0 Å². The van der Waals surface area contributed by atoms with Crippen molar-refractivity contribution in [1.29, 1.82) is 0 Å². The molecule has 0 radical (unpaired) electrons. The Balaban J connectivity index is 1.79. The molecule has 7 heteroatoms. The highest BCUT2D eigenvalue weighted by Crippen LogP contribution is 2.43. The van der Waals surface area contributed by atoms with E-state index in [0.717, 1.165) is 10.6 Å². The molecule has 0 aliphatic carbocycles. The summed E-state index contributed by atoms with van der Waals surface area (Å²) in [7, 11) is 0. The van der Waals surface area contributed by atoms with Crippen molar-refractivity contribution in [2.24, 2.45) is 0 Å². The smallest absolute Gasteiger partial charge is 0.290 e. The molecule has 0 bridgehead atoms. The molecule has 2 heterocycles. The third-order valence-corrected chi connectivity index (χ3v) is 6.78. The van der Waals surface area contributed by atoms with Crippen LogP contribution < -0.4 is 4.74 Å². The van der Waals surface area contributed by atoms with Crippen molar-refractivity contribution in [2.45, 2.75) is 26.3 Å². The van der Waals surface area contributed by atoms with Gasteiger partial charge in [-0.2, -0.15) is 0 Å². The van der Waals surface area contributed by atoms with Gasteiger partial charge in [-0.1, -0.05) is 61.2 Å². The lowest BCUT2D eigenvalue weighted by Crippen LogP contribution is -2.33. The molecule has 0 fully saturated rings. The largest absolute Gasteiger partial charge is 0.503 e. The third kappa shape index (κ3) is 4.52. The number of hydrogen-bond acceptors (Lipinski definition) is 6. The molecule has 1 aliphatic heterocycles. The summed E-state index contributed by atoms with van der Waals surface area (Å²) in [6.45, 7) is 7.88. The minimum atomic E-state index is -0.786. The number of nitrogens with zero attached hydrogens (tertiary/aromatic N) is 2. The van der Waals surface area contributed by atoms with Gasteiger partial charge in [-0.15, -0.1) is 11.3 Å². The van der Waals surface area contributed by atoms with Gasteiger partial charge in [0.2, 0.25) is 5.78 Å². The molecule has 0 saturated carbocycles. The first-order valence-corrected chi connectivity index (χ1v) is 11.8. The van der Waals surface area contributed by atoms with Gasteiger partial charge in [0.15, 0.2) is 5.76 Å². The van der Waals surface area contributed by atoms with Crippen LogP contribution in [0, 0.1) is 13.8 Å². The minimum Gasteiger partial charge on any atom is -0.503 e. The number of ketones is 1. The second-order valence-electron chi connectivity index (χ2n) is 8.01. The summed E-state index contributed by atoms with van der Waals surface area (Å²) in [5, 5.41) is 11.7. The maximum Gasteiger partial charge on any atom is 0.290 e. The van der Waals surface area contributed by atoms with Gasteiger partial charge in [0.05, 0.1) is 27.2 Å². The Morgan fingerprint density at radius 3 is 2.56 bits per heavy atom. The van der Waals surface area contributed by atoms with E-state index < -0.39 is 17.7 Å². The summed E-state index contributed by atoms with van der Waals surface area (Å²) in [5.74, 6) is -0.949. The molecule has 1 aromatic heterocycles. The summed E-state index contributed by atoms with van der Waals surface area (Å²) in [4.78, 5) is 33.3. The predicted molar refractivity (Wildman–Crippen MR) is 132 cm³/mol. The van der Waals surface area contributed by atoms with Crippen LogP contribution in [-0.2, 0) is 11.2 Å². The van der Waals surface area contributed by atoms with Gasteiger partial charge in [-0.25, -0.2) is 4.98 Å². The number of amides is 1. The van der Waals surface area contributed by atoms with E-state index in [-0.39, 0.29) is 18.0 Å². The van der Waals surface area contributed by atoms with Crippen LogP contribution in [0.4, 0.5) is 0 Å². The van der Waals surface area contributed by atoms with Gasteiger partial charge < -0.3 is 14.7 Å². The van der Waals surface area contributed by atoms with Crippen molar-refractivity contribution in [1.82, 2.24) is 9.88 Å². The summed E-state index contributed by atoms with van der Waals surface area (Å²) in [6.07, 6.45) is 2.21. The molecule has 0 saturated heterocycles. The number of carbonyl (C=O) groups is 2. The second-order valence-corrected chi connectivity index (χ2v) is 9.22. The number of thiazole rings is 1. The Kier molecular flexibility index (Phi) is 6.93. The molecule has 4 rings (SSSR count). The first kappa shape index (κ1) is 23.4. The highest BCUT2D eigenvalue weighted by molar-refractivity contribution is 7.14. The number of hydrogen-bond donors (Lipinski definition) is 1. The fraction of sp³-hybridized carbons (Fsp3) is 0.222. The zero-order valence-corrected chi connectivity index (χ0v) is 20.0. The predicted octanol–water partition coefficient (Wildman–Crippen LogP) is 5.15. The van der Waals surface area contributed by atoms with E-state index in [0.29, 0.717) is 34.8 Å². The van der Waals surface area contributed by atoms with Gasteiger partial charge in [-0.05, 0) is 31.9 Å². The Morgan fingerprint density at radius 1 is 1.18 bits per heavy atom. The van der Waals surface area contributed by atoms with Crippen LogP contribution in [0.15, 0.2) is 78.6 Å². The third-order valence-electron chi connectivity index (χ3n) is 5.71. The standard InChI is InChI=1S/C27H26N2O4S/c1-4-16-33-21-13-9-8-12-20(21)23-22(24(30)26-17(2)28-18(3)34-26)25(31)27(32)29(23)15-14-19-10-6-5-7-11-19/h4-13,23,31H,1,14-16H2,2-3H3. The molecular formula is C27H26N2O4S. The number of aromatic nitrogens is 1. The van der Waals surface area contributed by atoms with Crippen LogP contribution in [-0.4, -0.2) is 39.8 Å². The second kappa shape index (κ2) is 10.1. The Morgan fingerprint density at radius 2 is 1.88 bits per heavy atom. The molecule has 6 nitrogen and oxygen atoms in total. The average molecular weight is 475 g/mol. The quantitative estimate of drug-likeness (QED) is 0.343. The molecule has 2 aromatic carbocycles. The van der Waals surface area contributed by atoms with Gasteiger partial charge in [0, 0.05) is 12.1 Å². The summed E-state index contributed by atoms with van der Waals surface area (Å²) < 4.78 is 5.86. The number of aliphatic hydroxyl groups is 1. The zero-order chi connectivity index (χ0) is 24.2. The number of aliphatic hydroxyl groups excluding tert-OH is 1. The van der Waals surface area contributed by atoms with Gasteiger partial charge in [-0.3, -0.25) is 9.59 Å². The average Bonchev–Trinajstić information content (AvgIpc) is 3.31. The van der Waals surface area contributed by atoms with Gasteiger partial charge in [0.25, 0.3) is 5.91 Å². The fourth-order valence-electron chi connectivity index (χ4n) is 4.18. The number of ether oxygens (including phenoxy) is 1. The molecule has 1 atom stereocenters. The number of benzene rings is 2. The lowest BCUT2D eigenvalue weighted by Gasteiger charge is -2.28. The first-order chi connectivity index (χ1) is 16.4. The zero-order valence-electron chi connectivity index (χ0n) is 19.2. The lowest BCUT2D eigenvalue weighted by atomic mass is 9.94. The number of aryl methyl sites for hydroxylation is 2. The fourth-order valence-corrected chi connectivity index (χ4v) is 5.06. The Labute approximate surface area is 202 Å². The maximum absolute atomic E-state index is 13.7. The molecule has 174 valence electrons. The summed E-state index contributed by atoms with van der Waals surface area (Å²) in [5.41, 5.74) is 2.33. The molecular weight excluding hydrogens is 448 g/mol. The molecule has 1 amide bonds. The van der Waals surface area contributed by atoms with Crippen LogP contribution in [0.3, 0.4) is 0 Å². The van der Waals surface area contributed by atoms with E-state index in [1.165, 1.54) is 11.3 Å². The van der Waals surface area contributed by atoms with Crippen molar-refractivity contribution in [3.05, 3.63) is 105 Å². The van der Waals surface area contributed by atoms with Gasteiger partial charge in [0.1, 0.15) is 12.4 Å². The highest BCUT2D eigenvalue weighted by atomic mass is 32.1. The normalized spacial score (nSPS) is 15.6. The Bertz CT molecular complexity index is 1260. The van der Waals surface area contributed by atoms with Crippen molar-refractivity contribution >= 4 is 23.0 Å². The number of para-hydroxylation sites is 1. The van der Waals surface area contributed by atoms with Crippen LogP contribution in [0.25, 0.3) is 0 Å². The van der Waals surface area contributed by atoms with Crippen LogP contribution in [0.1, 0.15) is 37.5 Å². The monoisotopic (exact) mass is 474 g/mol. The van der Waals surface area contributed by atoms with E-state index in [9.17, 15) is 14.7 Å². The molecule has 1 aliphatic rings. The van der Waals surface area contributed by atoms with E-state index in [2.05, 4.69) is 11.6 Å². The molecule has 1 N–H and O–H groups in total.